The molecule has 2 aromatic rings. The molecule has 0 radical (unpaired) electrons. The van der Waals surface area contributed by atoms with Gasteiger partial charge < -0.3 is 15.4 Å². The van der Waals surface area contributed by atoms with Crippen LogP contribution in [0.15, 0.2) is 67.0 Å². The maximum Gasteiger partial charge on any atom is 0.246 e. The molecule has 2 bridgehead atoms. The fraction of sp³-hybridized carbons (Fsp3) is 0.385. The van der Waals surface area contributed by atoms with Crippen molar-refractivity contribution in [2.24, 2.45) is 11.8 Å². The van der Waals surface area contributed by atoms with Crippen molar-refractivity contribution in [3.05, 3.63) is 67.0 Å². The summed E-state index contributed by atoms with van der Waals surface area (Å²) in [5, 5.41) is 5.92. The Labute approximate surface area is 198 Å². The lowest BCUT2D eigenvalue weighted by molar-refractivity contribution is -0.131. The molecule has 3 aliphatic heterocycles. The van der Waals surface area contributed by atoms with Crippen LogP contribution in [0.5, 0.6) is 0 Å². The third-order valence-corrected chi connectivity index (χ3v) is 6.69. The van der Waals surface area contributed by atoms with Gasteiger partial charge >= 0.3 is 0 Å². The molecule has 0 unspecified atom stereocenters. The molecule has 1 spiro atoms. The molecule has 3 aliphatic rings. The number of nitrogens with zero attached hydrogens (tertiary/aromatic N) is 2. The molecule has 5 rings (SSSR count). The number of benzene rings is 1. The number of anilines is 2. The highest BCUT2D eigenvalue weighted by atomic mass is 16.5. The predicted octanol–water partition coefficient (Wildman–Crippen LogP) is 2.68. The summed E-state index contributed by atoms with van der Waals surface area (Å²) in [6.07, 6.45) is 6.76. The minimum absolute atomic E-state index is 0.318. The van der Waals surface area contributed by atoms with Crippen LogP contribution >= 0.6 is 0 Å². The summed E-state index contributed by atoms with van der Waals surface area (Å²) in [7, 11) is 0. The number of aromatic nitrogens is 1. The second-order valence-corrected chi connectivity index (χ2v) is 10.3. The van der Waals surface area contributed by atoms with Crippen LogP contribution < -0.4 is 15.5 Å². The first-order valence-corrected chi connectivity index (χ1v) is 11.4. The molecule has 2 fully saturated rings. The average molecular weight is 461 g/mol. The zero-order valence-electron chi connectivity index (χ0n) is 19.6. The van der Waals surface area contributed by atoms with Gasteiger partial charge in [0.1, 0.15) is 11.6 Å². The van der Waals surface area contributed by atoms with Crippen LogP contribution in [0, 0.1) is 11.8 Å². The van der Waals surface area contributed by atoms with Crippen LogP contribution in [-0.4, -0.2) is 45.5 Å². The van der Waals surface area contributed by atoms with Gasteiger partial charge in [0.05, 0.1) is 29.3 Å². The van der Waals surface area contributed by atoms with Gasteiger partial charge in [-0.3, -0.25) is 24.3 Å². The van der Waals surface area contributed by atoms with Crippen LogP contribution in [0.2, 0.25) is 0 Å². The highest BCUT2D eigenvalue weighted by molar-refractivity contribution is 6.11. The number of rotatable bonds is 4. The molecular formula is C26H28N4O4. The van der Waals surface area contributed by atoms with E-state index in [2.05, 4.69) is 15.6 Å². The Balaban J connectivity index is 1.59. The highest BCUT2D eigenvalue weighted by Gasteiger charge is 2.76. The van der Waals surface area contributed by atoms with Crippen molar-refractivity contribution >= 4 is 29.1 Å². The fourth-order valence-corrected chi connectivity index (χ4v) is 5.49. The van der Waals surface area contributed by atoms with Gasteiger partial charge in [-0.2, -0.15) is 0 Å². The van der Waals surface area contributed by atoms with Crippen molar-refractivity contribution in [2.45, 2.75) is 50.5 Å². The van der Waals surface area contributed by atoms with E-state index in [1.807, 2.05) is 45.0 Å². The maximum absolute atomic E-state index is 14.0. The maximum atomic E-state index is 14.0. The summed E-state index contributed by atoms with van der Waals surface area (Å²) in [4.78, 5) is 46.8. The number of amides is 3. The molecular weight excluding hydrogens is 432 g/mol. The lowest BCUT2D eigenvalue weighted by atomic mass is 9.70. The fourth-order valence-electron chi connectivity index (χ4n) is 5.49. The summed E-state index contributed by atoms with van der Waals surface area (Å²) in [5.74, 6) is -2.66. The van der Waals surface area contributed by atoms with E-state index in [0.717, 1.165) is 0 Å². The molecule has 34 heavy (non-hydrogen) atoms. The number of nitrogens with one attached hydrogen (secondary N) is 2. The summed E-state index contributed by atoms with van der Waals surface area (Å²) in [6.45, 7) is 7.44. The number of carbonyl (C=O) groups is 3. The average Bonchev–Trinajstić information content (AvgIpc) is 3.34. The van der Waals surface area contributed by atoms with Crippen molar-refractivity contribution in [2.75, 3.05) is 10.2 Å². The first-order chi connectivity index (χ1) is 16.1. The minimum atomic E-state index is -1.27. The molecule has 2 N–H and O–H groups in total. The Bertz CT molecular complexity index is 1180. The lowest BCUT2D eigenvalue weighted by Crippen LogP contribution is -2.58. The van der Waals surface area contributed by atoms with E-state index in [9.17, 15) is 14.4 Å². The van der Waals surface area contributed by atoms with Gasteiger partial charge in [-0.05, 0) is 52.0 Å². The van der Waals surface area contributed by atoms with Crippen molar-refractivity contribution in [1.82, 2.24) is 10.3 Å². The molecule has 3 amide bonds. The van der Waals surface area contributed by atoms with Crippen LogP contribution in [0.1, 0.15) is 27.7 Å². The third kappa shape index (κ3) is 3.32. The number of para-hydroxylation sites is 1. The Morgan fingerprint density at radius 3 is 2.44 bits per heavy atom. The van der Waals surface area contributed by atoms with Gasteiger partial charge in [0.2, 0.25) is 17.7 Å². The molecule has 1 aromatic carbocycles. The standard InChI is InChI=1S/C26H28N4O4/c1-24(2,3)29-22(32)20-26-13-12-25(4,34-26)18(21(31)28-16-9-6-5-7-10-16)19(26)23(33)30(20)17-11-8-14-27-15-17/h5-15,18-20H,1-4H3,(H,28,31)(H,29,32)/t18-,19+,20-,25+,26+/m1/s1. The van der Waals surface area contributed by atoms with Crippen LogP contribution in [0.3, 0.4) is 0 Å². The van der Waals surface area contributed by atoms with Crippen molar-refractivity contribution in [3.8, 4) is 0 Å². The van der Waals surface area contributed by atoms with Crippen LogP contribution in [0.25, 0.3) is 0 Å². The van der Waals surface area contributed by atoms with Crippen molar-refractivity contribution in [1.29, 1.82) is 0 Å². The SMILES string of the molecule is CC(C)(C)NC(=O)[C@H]1N(c2cccnc2)C(=O)[C@@H]2[C@H](C(=O)Nc3ccccc3)[C@]3(C)C=C[C@]21O3. The molecule has 0 aliphatic carbocycles. The van der Waals surface area contributed by atoms with E-state index in [1.165, 1.54) is 4.90 Å². The number of ether oxygens (including phenoxy) is 1. The van der Waals surface area contributed by atoms with Crippen molar-refractivity contribution in [3.63, 3.8) is 0 Å². The van der Waals surface area contributed by atoms with Gasteiger partial charge in [-0.15, -0.1) is 0 Å². The zero-order valence-corrected chi connectivity index (χ0v) is 19.6. The van der Waals surface area contributed by atoms with Gasteiger partial charge in [-0.1, -0.05) is 30.4 Å². The molecule has 176 valence electrons. The molecule has 1 aromatic heterocycles. The first kappa shape index (κ1) is 22.3. The van der Waals surface area contributed by atoms with Gasteiger partial charge in [0.15, 0.2) is 0 Å². The smallest absolute Gasteiger partial charge is 0.246 e. The van der Waals surface area contributed by atoms with E-state index < -0.39 is 34.6 Å². The van der Waals surface area contributed by atoms with E-state index in [4.69, 9.17) is 4.74 Å². The molecule has 8 nitrogen and oxygen atoms in total. The Kier molecular flexibility index (Phi) is 4.91. The normalized spacial score (nSPS) is 31.5. The second-order valence-electron chi connectivity index (χ2n) is 10.3. The van der Waals surface area contributed by atoms with Gasteiger partial charge in [0, 0.05) is 17.4 Å². The summed E-state index contributed by atoms with van der Waals surface area (Å²) < 4.78 is 6.50. The Morgan fingerprint density at radius 1 is 1.06 bits per heavy atom. The molecule has 2 saturated heterocycles. The monoisotopic (exact) mass is 460 g/mol. The number of pyridine rings is 1. The molecule has 8 heteroatoms. The minimum Gasteiger partial charge on any atom is -0.356 e. The quantitative estimate of drug-likeness (QED) is 0.684. The van der Waals surface area contributed by atoms with Crippen molar-refractivity contribution < 1.29 is 19.1 Å². The Hall–Kier alpha value is -3.52. The topological polar surface area (TPSA) is 101 Å². The lowest BCUT2D eigenvalue weighted by Gasteiger charge is -2.34. The van der Waals surface area contributed by atoms with Gasteiger partial charge in [-0.25, -0.2) is 0 Å². The third-order valence-electron chi connectivity index (χ3n) is 6.69. The number of fused-ring (bicyclic) bond motifs is 1. The number of hydrogen-bond donors (Lipinski definition) is 2. The van der Waals surface area contributed by atoms with Crippen LogP contribution in [-0.2, 0) is 19.1 Å². The largest absolute Gasteiger partial charge is 0.356 e. The van der Waals surface area contributed by atoms with E-state index in [1.54, 1.807) is 49.7 Å². The first-order valence-electron chi connectivity index (χ1n) is 11.4. The van der Waals surface area contributed by atoms with E-state index >= 15 is 0 Å². The molecule has 4 heterocycles. The summed E-state index contributed by atoms with van der Waals surface area (Å²) in [6, 6.07) is 11.6. The number of hydrogen-bond acceptors (Lipinski definition) is 5. The number of carbonyl (C=O) groups excluding carboxylic acids is 3. The Morgan fingerprint density at radius 2 is 1.79 bits per heavy atom. The van der Waals surface area contributed by atoms with E-state index in [0.29, 0.717) is 11.4 Å². The summed E-state index contributed by atoms with van der Waals surface area (Å²) >= 11 is 0. The zero-order chi connectivity index (χ0) is 24.3. The highest BCUT2D eigenvalue weighted by Crippen LogP contribution is 2.60. The summed E-state index contributed by atoms with van der Waals surface area (Å²) in [5.41, 5.74) is -1.69. The molecule has 5 atom stereocenters. The molecule has 0 saturated carbocycles. The van der Waals surface area contributed by atoms with E-state index in [-0.39, 0.29) is 17.7 Å². The van der Waals surface area contributed by atoms with Crippen LogP contribution in [0.4, 0.5) is 11.4 Å². The predicted molar refractivity (Wildman–Crippen MR) is 127 cm³/mol. The second kappa shape index (κ2) is 7.50. The van der Waals surface area contributed by atoms with Gasteiger partial charge in [0.25, 0.3) is 0 Å².